The van der Waals surface area contributed by atoms with Crippen molar-refractivity contribution in [1.29, 1.82) is 0 Å². The zero-order valence-corrected chi connectivity index (χ0v) is 9.90. The molecule has 14 heavy (non-hydrogen) atoms. The van der Waals surface area contributed by atoms with Crippen molar-refractivity contribution in [2.75, 3.05) is 17.6 Å². The number of amides is 1. The molecule has 0 saturated heterocycles. The molecule has 0 spiro atoms. The molecule has 0 aliphatic rings. The lowest BCUT2D eigenvalue weighted by Gasteiger charge is -2.07. The van der Waals surface area contributed by atoms with E-state index in [4.69, 9.17) is 5.73 Å². The van der Waals surface area contributed by atoms with Gasteiger partial charge in [-0.05, 0) is 18.2 Å². The van der Waals surface area contributed by atoms with Crippen LogP contribution in [0.25, 0.3) is 0 Å². The highest BCUT2D eigenvalue weighted by atomic mass is 79.9. The average molecular weight is 275 g/mol. The summed E-state index contributed by atoms with van der Waals surface area (Å²) in [6.45, 7) is 0.626. The Balaban J connectivity index is 2.83. The van der Waals surface area contributed by atoms with Crippen molar-refractivity contribution in [3.05, 3.63) is 22.7 Å². The summed E-state index contributed by atoms with van der Waals surface area (Å²) >= 11 is 4.97. The molecule has 0 aliphatic carbocycles. The van der Waals surface area contributed by atoms with Crippen molar-refractivity contribution in [3.8, 4) is 0 Å². The van der Waals surface area contributed by atoms with Crippen molar-refractivity contribution >= 4 is 39.8 Å². The molecule has 0 fully saturated rings. The van der Waals surface area contributed by atoms with Crippen molar-refractivity contribution in [3.63, 3.8) is 0 Å². The molecule has 1 aromatic rings. The van der Waals surface area contributed by atoms with Crippen LogP contribution in [0.15, 0.2) is 27.6 Å². The van der Waals surface area contributed by atoms with Crippen LogP contribution in [-0.4, -0.2) is 18.7 Å². The number of rotatable bonds is 5. The zero-order valence-electron chi connectivity index (χ0n) is 7.50. The number of nitrogens with two attached hydrogens (primary N) is 1. The van der Waals surface area contributed by atoms with Crippen LogP contribution < -0.4 is 11.1 Å². The summed E-state index contributed by atoms with van der Waals surface area (Å²) in [5.41, 5.74) is 6.22. The van der Waals surface area contributed by atoms with E-state index in [0.717, 1.165) is 20.8 Å². The first-order valence-electron chi connectivity index (χ1n) is 4.10. The Bertz CT molecular complexity index is 320. The summed E-state index contributed by atoms with van der Waals surface area (Å²) in [4.78, 5) is 11.4. The summed E-state index contributed by atoms with van der Waals surface area (Å²) in [6, 6.07) is 5.76. The standard InChI is InChI=1S/C9H11BrN2OS/c10-7-1-2-9(14-4-3-11)8(5-7)12-6-13/h1-2,5-6H,3-4,11H2,(H,12,13). The lowest BCUT2D eigenvalue weighted by atomic mass is 10.3. The van der Waals surface area contributed by atoms with Crippen molar-refractivity contribution in [2.45, 2.75) is 4.90 Å². The molecule has 0 radical (unpaired) electrons. The Hall–Kier alpha value is -0.520. The van der Waals surface area contributed by atoms with Crippen LogP contribution in [0.4, 0.5) is 5.69 Å². The van der Waals surface area contributed by atoms with Crippen molar-refractivity contribution in [2.24, 2.45) is 5.73 Å². The predicted octanol–water partition coefficient (Wildman–Crippen LogP) is 2.07. The van der Waals surface area contributed by atoms with Gasteiger partial charge in [0, 0.05) is 21.7 Å². The summed E-state index contributed by atoms with van der Waals surface area (Å²) in [7, 11) is 0. The number of halogens is 1. The minimum atomic E-state index is 0.626. The minimum absolute atomic E-state index is 0.626. The predicted molar refractivity (Wildman–Crippen MR) is 63.6 cm³/mol. The van der Waals surface area contributed by atoms with Gasteiger partial charge in [-0.1, -0.05) is 15.9 Å². The quantitative estimate of drug-likeness (QED) is 0.639. The molecule has 0 bridgehead atoms. The molecular formula is C9H11BrN2OS. The topological polar surface area (TPSA) is 55.1 Å². The number of thioether (sulfide) groups is 1. The van der Waals surface area contributed by atoms with Gasteiger partial charge in [0.1, 0.15) is 0 Å². The van der Waals surface area contributed by atoms with Crippen LogP contribution in [0.3, 0.4) is 0 Å². The third-order valence-electron chi connectivity index (χ3n) is 1.53. The van der Waals surface area contributed by atoms with Crippen LogP contribution in [0.2, 0.25) is 0 Å². The molecule has 0 aromatic heterocycles. The summed E-state index contributed by atoms with van der Waals surface area (Å²) < 4.78 is 0.943. The Kier molecular flexibility index (Phi) is 5.00. The fraction of sp³-hybridized carbons (Fsp3) is 0.222. The largest absolute Gasteiger partial charge is 0.330 e. The molecule has 0 saturated carbocycles. The second-order valence-electron chi connectivity index (χ2n) is 2.54. The molecule has 3 nitrogen and oxygen atoms in total. The smallest absolute Gasteiger partial charge is 0.211 e. The molecule has 3 N–H and O–H groups in total. The van der Waals surface area contributed by atoms with Crippen LogP contribution in [0, 0.1) is 0 Å². The number of anilines is 1. The van der Waals surface area contributed by atoms with Crippen molar-refractivity contribution in [1.82, 2.24) is 0 Å². The van der Waals surface area contributed by atoms with E-state index in [1.807, 2.05) is 18.2 Å². The summed E-state index contributed by atoms with van der Waals surface area (Å²) in [5, 5.41) is 2.65. The van der Waals surface area contributed by atoms with Crippen LogP contribution >= 0.6 is 27.7 Å². The van der Waals surface area contributed by atoms with Crippen LogP contribution in [0.1, 0.15) is 0 Å². The van der Waals surface area contributed by atoms with Gasteiger partial charge < -0.3 is 11.1 Å². The lowest BCUT2D eigenvalue weighted by molar-refractivity contribution is -0.105. The molecule has 5 heteroatoms. The summed E-state index contributed by atoms with van der Waals surface area (Å²) in [5.74, 6) is 0.842. The van der Waals surface area contributed by atoms with E-state index in [-0.39, 0.29) is 0 Å². The molecule has 76 valence electrons. The third-order valence-corrected chi connectivity index (χ3v) is 3.13. The second kappa shape index (κ2) is 6.06. The highest BCUT2D eigenvalue weighted by molar-refractivity contribution is 9.10. The molecule has 1 rings (SSSR count). The Morgan fingerprint density at radius 3 is 3.00 bits per heavy atom. The third kappa shape index (κ3) is 3.32. The molecule has 1 aromatic carbocycles. The molecule has 0 atom stereocenters. The van der Waals surface area contributed by atoms with Gasteiger partial charge in [-0.2, -0.15) is 0 Å². The molecule has 1 amide bonds. The summed E-state index contributed by atoms with van der Waals surface area (Å²) in [6.07, 6.45) is 0.675. The minimum Gasteiger partial charge on any atom is -0.330 e. The van der Waals surface area contributed by atoms with Gasteiger partial charge in [0.05, 0.1) is 5.69 Å². The van der Waals surface area contributed by atoms with Gasteiger partial charge in [-0.25, -0.2) is 0 Å². The van der Waals surface area contributed by atoms with Gasteiger partial charge in [0.2, 0.25) is 6.41 Å². The first-order chi connectivity index (χ1) is 6.77. The number of carbonyl (C=O) groups is 1. The first kappa shape index (κ1) is 11.6. The maximum Gasteiger partial charge on any atom is 0.211 e. The van der Waals surface area contributed by atoms with E-state index >= 15 is 0 Å². The van der Waals surface area contributed by atoms with Crippen LogP contribution in [-0.2, 0) is 4.79 Å². The molecular weight excluding hydrogens is 264 g/mol. The highest BCUT2D eigenvalue weighted by Crippen LogP contribution is 2.29. The van der Waals surface area contributed by atoms with Crippen LogP contribution in [0.5, 0.6) is 0 Å². The maximum absolute atomic E-state index is 10.4. The van der Waals surface area contributed by atoms with Gasteiger partial charge in [-0.15, -0.1) is 11.8 Å². The fourth-order valence-corrected chi connectivity index (χ4v) is 2.11. The molecule has 0 unspecified atom stereocenters. The SMILES string of the molecule is NCCSc1ccc(Br)cc1NC=O. The number of carbonyl (C=O) groups excluding carboxylic acids is 1. The zero-order chi connectivity index (χ0) is 10.4. The highest BCUT2D eigenvalue weighted by Gasteiger charge is 2.02. The van der Waals surface area contributed by atoms with Gasteiger partial charge in [0.25, 0.3) is 0 Å². The maximum atomic E-state index is 10.4. The number of benzene rings is 1. The van der Waals surface area contributed by atoms with E-state index < -0.39 is 0 Å². The average Bonchev–Trinajstić information content (AvgIpc) is 2.17. The Labute approximate surface area is 95.6 Å². The molecule has 0 heterocycles. The number of hydrogen-bond donors (Lipinski definition) is 2. The number of hydrogen-bond acceptors (Lipinski definition) is 3. The van der Waals surface area contributed by atoms with Crippen molar-refractivity contribution < 1.29 is 4.79 Å². The van der Waals surface area contributed by atoms with E-state index in [1.54, 1.807) is 11.8 Å². The van der Waals surface area contributed by atoms with E-state index in [1.165, 1.54) is 0 Å². The van der Waals surface area contributed by atoms with E-state index in [9.17, 15) is 4.79 Å². The monoisotopic (exact) mass is 274 g/mol. The first-order valence-corrected chi connectivity index (χ1v) is 5.88. The number of nitrogens with one attached hydrogen (secondary N) is 1. The van der Waals surface area contributed by atoms with Gasteiger partial charge >= 0.3 is 0 Å². The van der Waals surface area contributed by atoms with E-state index in [2.05, 4.69) is 21.2 Å². The van der Waals surface area contributed by atoms with Gasteiger partial charge in [0.15, 0.2) is 0 Å². The Morgan fingerprint density at radius 2 is 2.36 bits per heavy atom. The lowest BCUT2D eigenvalue weighted by Crippen LogP contribution is -2.02. The normalized spacial score (nSPS) is 9.86. The second-order valence-corrected chi connectivity index (χ2v) is 4.59. The van der Waals surface area contributed by atoms with Gasteiger partial charge in [-0.3, -0.25) is 4.79 Å². The Morgan fingerprint density at radius 1 is 1.57 bits per heavy atom. The van der Waals surface area contributed by atoms with E-state index in [0.29, 0.717) is 13.0 Å². The fourth-order valence-electron chi connectivity index (χ4n) is 0.973. The molecule has 0 aliphatic heterocycles.